The van der Waals surface area contributed by atoms with Gasteiger partial charge in [-0.1, -0.05) is 18.2 Å². The second-order valence-corrected chi connectivity index (χ2v) is 6.56. The zero-order chi connectivity index (χ0) is 24.1. The number of rotatable bonds is 5. The number of alkyl halides is 7. The summed E-state index contributed by atoms with van der Waals surface area (Å²) in [6, 6.07) is 10.3. The molecular formula is C20H12F7NO4. The van der Waals surface area contributed by atoms with Crippen molar-refractivity contribution in [3.63, 3.8) is 0 Å². The molecule has 170 valence electrons. The van der Waals surface area contributed by atoms with Crippen molar-refractivity contribution in [2.45, 2.75) is 18.0 Å². The number of halogens is 7. The minimum absolute atomic E-state index is 0.0456. The van der Waals surface area contributed by atoms with E-state index in [9.17, 15) is 45.4 Å². The van der Waals surface area contributed by atoms with E-state index < -0.39 is 46.1 Å². The Labute approximate surface area is 174 Å². The van der Waals surface area contributed by atoms with E-state index in [-0.39, 0.29) is 17.0 Å². The van der Waals surface area contributed by atoms with Gasteiger partial charge < -0.3 is 9.84 Å². The van der Waals surface area contributed by atoms with Gasteiger partial charge in [-0.2, -0.15) is 30.7 Å². The molecule has 0 saturated carbocycles. The molecule has 0 spiro atoms. The summed E-state index contributed by atoms with van der Waals surface area (Å²) in [6.07, 6.45) is -6.80. The molecule has 0 aliphatic carbocycles. The number of carbonyl (C=O) groups excluding carboxylic acids is 1. The van der Waals surface area contributed by atoms with Gasteiger partial charge in [-0.15, -0.1) is 0 Å². The average Bonchev–Trinajstić information content (AvgIpc) is 2.73. The molecule has 0 atom stereocenters. The van der Waals surface area contributed by atoms with Crippen LogP contribution in [0.25, 0.3) is 16.6 Å². The maximum atomic E-state index is 14.1. The minimum Gasteiger partial charge on any atom is -0.506 e. The zero-order valence-corrected chi connectivity index (χ0v) is 15.9. The number of methoxy groups -OCH3 is 1. The highest BCUT2D eigenvalue weighted by atomic mass is 19.4. The Bertz CT molecular complexity index is 1250. The van der Waals surface area contributed by atoms with E-state index >= 15 is 0 Å². The summed E-state index contributed by atoms with van der Waals surface area (Å²) < 4.78 is 98.3. The molecule has 0 aliphatic heterocycles. The molecule has 2 aromatic carbocycles. The number of aromatic hydroxyl groups is 1. The lowest BCUT2D eigenvalue weighted by Gasteiger charge is -2.27. The Morgan fingerprint density at radius 2 is 1.56 bits per heavy atom. The second kappa shape index (κ2) is 7.53. The van der Waals surface area contributed by atoms with Gasteiger partial charge in [-0.05, 0) is 24.3 Å². The fourth-order valence-electron chi connectivity index (χ4n) is 3.00. The van der Waals surface area contributed by atoms with Gasteiger partial charge in [-0.25, -0.2) is 0 Å². The quantitative estimate of drug-likeness (QED) is 0.439. The van der Waals surface area contributed by atoms with Gasteiger partial charge in [0.1, 0.15) is 17.1 Å². The predicted molar refractivity (Wildman–Crippen MR) is 98.0 cm³/mol. The number of benzene rings is 2. The molecular weight excluding hydrogens is 451 g/mol. The van der Waals surface area contributed by atoms with E-state index in [1.165, 1.54) is 49.6 Å². The van der Waals surface area contributed by atoms with Crippen LogP contribution < -0.4 is 10.3 Å². The molecule has 3 rings (SSSR count). The molecule has 1 heterocycles. The number of pyridine rings is 1. The van der Waals surface area contributed by atoms with Crippen LogP contribution in [0.5, 0.6) is 11.5 Å². The number of fused-ring (bicyclic) bond motifs is 1. The lowest BCUT2D eigenvalue weighted by atomic mass is 9.98. The smallest absolute Gasteiger partial charge is 0.460 e. The third-order valence-corrected chi connectivity index (χ3v) is 4.63. The van der Waals surface area contributed by atoms with E-state index in [0.717, 1.165) is 6.07 Å². The molecule has 0 radical (unpaired) electrons. The standard InChI is InChI=1S/C20H12F7NO4/c1-32-11-7-8-12-13(9-11)28(10-5-3-2-4-6-10)17(31)14(15(12)29)16(30)18(21,22)19(23,24)20(25,26)27/h2-9,29H,1H3. The number of para-hydroxylation sites is 1. The number of aromatic nitrogens is 1. The van der Waals surface area contributed by atoms with Gasteiger partial charge in [0.05, 0.1) is 12.6 Å². The van der Waals surface area contributed by atoms with E-state index in [1.54, 1.807) is 0 Å². The van der Waals surface area contributed by atoms with Crippen molar-refractivity contribution in [2.24, 2.45) is 0 Å². The van der Waals surface area contributed by atoms with Crippen LogP contribution in [-0.4, -0.2) is 40.6 Å². The highest BCUT2D eigenvalue weighted by Gasteiger charge is 2.76. The monoisotopic (exact) mass is 463 g/mol. The largest absolute Gasteiger partial charge is 0.506 e. The van der Waals surface area contributed by atoms with Crippen LogP contribution in [0.3, 0.4) is 0 Å². The molecule has 0 saturated heterocycles. The van der Waals surface area contributed by atoms with Gasteiger partial charge in [0.15, 0.2) is 0 Å². The van der Waals surface area contributed by atoms with Crippen molar-refractivity contribution >= 4 is 16.7 Å². The van der Waals surface area contributed by atoms with Gasteiger partial charge in [0.2, 0.25) is 5.78 Å². The van der Waals surface area contributed by atoms with E-state index in [4.69, 9.17) is 4.74 Å². The topological polar surface area (TPSA) is 68.5 Å². The molecule has 1 N–H and O–H groups in total. The SMILES string of the molecule is COc1ccc2c(O)c(C(=O)C(F)(F)C(F)(F)C(F)(F)F)c(=O)n(-c3ccccc3)c2c1. The first kappa shape index (κ1) is 23.1. The first-order valence-corrected chi connectivity index (χ1v) is 8.64. The maximum absolute atomic E-state index is 14.1. The van der Waals surface area contributed by atoms with Crippen LogP contribution >= 0.6 is 0 Å². The molecule has 12 heteroatoms. The molecule has 0 amide bonds. The average molecular weight is 463 g/mol. The van der Waals surface area contributed by atoms with Crippen LogP contribution in [0, 0.1) is 0 Å². The van der Waals surface area contributed by atoms with E-state index in [1.807, 2.05) is 0 Å². The first-order chi connectivity index (χ1) is 14.8. The number of ether oxygens (including phenoxy) is 1. The Morgan fingerprint density at radius 1 is 0.969 bits per heavy atom. The van der Waals surface area contributed by atoms with E-state index in [0.29, 0.717) is 4.57 Å². The van der Waals surface area contributed by atoms with Crippen molar-refractivity contribution < 1.29 is 45.4 Å². The van der Waals surface area contributed by atoms with Crippen molar-refractivity contribution in [3.05, 3.63) is 64.4 Å². The summed E-state index contributed by atoms with van der Waals surface area (Å²) in [4.78, 5) is 25.2. The fraction of sp³-hybridized carbons (Fsp3) is 0.200. The highest BCUT2D eigenvalue weighted by molar-refractivity contribution is 6.08. The summed E-state index contributed by atoms with van der Waals surface area (Å²) in [5, 5.41) is 9.89. The van der Waals surface area contributed by atoms with Crippen LogP contribution in [0.15, 0.2) is 53.3 Å². The van der Waals surface area contributed by atoms with Crippen LogP contribution in [-0.2, 0) is 0 Å². The molecule has 0 fully saturated rings. The molecule has 1 aromatic heterocycles. The number of hydrogen-bond acceptors (Lipinski definition) is 4. The van der Waals surface area contributed by atoms with Crippen molar-refractivity contribution in [3.8, 4) is 17.2 Å². The first-order valence-electron chi connectivity index (χ1n) is 8.64. The number of Topliss-reactive ketones (excluding diaryl/α,β-unsaturated/α-hetero) is 1. The summed E-state index contributed by atoms with van der Waals surface area (Å²) >= 11 is 0. The summed E-state index contributed by atoms with van der Waals surface area (Å²) in [5.74, 6) is -17.7. The molecule has 5 nitrogen and oxygen atoms in total. The van der Waals surface area contributed by atoms with Gasteiger partial charge in [0, 0.05) is 17.1 Å². The summed E-state index contributed by atoms with van der Waals surface area (Å²) in [5.41, 5.74) is -3.87. The Balaban J connectivity index is 2.42. The lowest BCUT2D eigenvalue weighted by Crippen LogP contribution is -2.57. The molecule has 0 unspecified atom stereocenters. The van der Waals surface area contributed by atoms with Crippen molar-refractivity contribution in [1.82, 2.24) is 4.57 Å². The number of hydrogen-bond donors (Lipinski definition) is 1. The Morgan fingerprint density at radius 3 is 2.09 bits per heavy atom. The normalized spacial score (nSPS) is 12.8. The third kappa shape index (κ3) is 3.35. The van der Waals surface area contributed by atoms with Gasteiger partial charge in [0.25, 0.3) is 5.56 Å². The van der Waals surface area contributed by atoms with E-state index in [2.05, 4.69) is 0 Å². The third-order valence-electron chi connectivity index (χ3n) is 4.63. The Kier molecular flexibility index (Phi) is 5.44. The number of carbonyl (C=O) groups is 1. The van der Waals surface area contributed by atoms with Gasteiger partial charge in [-0.3, -0.25) is 14.2 Å². The molecule has 0 bridgehead atoms. The second-order valence-electron chi connectivity index (χ2n) is 6.56. The van der Waals surface area contributed by atoms with Crippen molar-refractivity contribution in [2.75, 3.05) is 7.11 Å². The van der Waals surface area contributed by atoms with Crippen LogP contribution in [0.2, 0.25) is 0 Å². The summed E-state index contributed by atoms with van der Waals surface area (Å²) in [6.45, 7) is 0. The molecule has 3 aromatic rings. The number of nitrogens with zero attached hydrogens (tertiary/aromatic N) is 1. The van der Waals surface area contributed by atoms with Crippen molar-refractivity contribution in [1.29, 1.82) is 0 Å². The fourth-order valence-corrected chi connectivity index (χ4v) is 3.00. The highest BCUT2D eigenvalue weighted by Crippen LogP contribution is 2.48. The predicted octanol–water partition coefficient (Wildman–Crippen LogP) is 4.72. The zero-order valence-electron chi connectivity index (χ0n) is 15.9. The van der Waals surface area contributed by atoms with Crippen LogP contribution in [0.1, 0.15) is 10.4 Å². The van der Waals surface area contributed by atoms with Crippen LogP contribution in [0.4, 0.5) is 30.7 Å². The Hall–Kier alpha value is -3.57. The molecule has 0 aliphatic rings. The minimum atomic E-state index is -6.80. The lowest BCUT2D eigenvalue weighted by molar-refractivity contribution is -0.339. The summed E-state index contributed by atoms with van der Waals surface area (Å²) in [7, 11) is 1.25. The maximum Gasteiger partial charge on any atom is 0.460 e. The number of ketones is 1. The molecule has 32 heavy (non-hydrogen) atoms. The van der Waals surface area contributed by atoms with Gasteiger partial charge >= 0.3 is 18.0 Å².